The fourth-order valence-corrected chi connectivity index (χ4v) is 1.79. The van der Waals surface area contributed by atoms with Gasteiger partial charge in [-0.3, -0.25) is 9.59 Å². The topological polar surface area (TPSA) is 52.6 Å². The summed E-state index contributed by atoms with van der Waals surface area (Å²) in [6, 6.07) is 0. The molecule has 136 valence electrons. The van der Waals surface area contributed by atoms with Crippen molar-refractivity contribution in [1.82, 2.24) is 0 Å². The molecule has 4 nitrogen and oxygen atoms in total. The number of allylic oxidation sites excluding steroid dienone is 4. The van der Waals surface area contributed by atoms with Gasteiger partial charge in [0.2, 0.25) is 0 Å². The minimum atomic E-state index is -0.282. The summed E-state index contributed by atoms with van der Waals surface area (Å²) in [7, 11) is 0. The Hall–Kier alpha value is -1.84. The van der Waals surface area contributed by atoms with Gasteiger partial charge in [0.15, 0.2) is 0 Å². The van der Waals surface area contributed by atoms with E-state index in [2.05, 4.69) is 19.9 Å². The Labute approximate surface area is 146 Å². The Morgan fingerprint density at radius 1 is 0.708 bits per heavy atom. The molecular weight excluding hydrogens is 304 g/mol. The molecule has 0 rings (SSSR count). The zero-order valence-corrected chi connectivity index (χ0v) is 15.8. The minimum Gasteiger partial charge on any atom is -0.461 e. The third kappa shape index (κ3) is 15.1. The van der Waals surface area contributed by atoms with Gasteiger partial charge in [-0.05, 0) is 66.0 Å². The predicted octanol–water partition coefficient (Wildman–Crippen LogP) is 4.90. The van der Waals surface area contributed by atoms with E-state index in [0.717, 1.165) is 18.4 Å². The summed E-state index contributed by atoms with van der Waals surface area (Å²) in [6.45, 7) is 10.7. The molecule has 0 N–H and O–H groups in total. The molecule has 0 fully saturated rings. The number of carbonyl (C=O) groups is 2. The van der Waals surface area contributed by atoms with E-state index >= 15 is 0 Å². The number of carbonyl (C=O) groups excluding carboxylic acids is 2. The van der Waals surface area contributed by atoms with Crippen molar-refractivity contribution < 1.29 is 19.1 Å². The molecule has 0 spiro atoms. The van der Waals surface area contributed by atoms with Gasteiger partial charge >= 0.3 is 11.9 Å². The number of ether oxygens (including phenoxy) is 2. The molecule has 0 aliphatic carbocycles. The summed E-state index contributed by atoms with van der Waals surface area (Å²) in [5.74, 6) is -0.559. The quantitative estimate of drug-likeness (QED) is 0.398. The average molecular weight is 336 g/mol. The zero-order chi connectivity index (χ0) is 18.4. The van der Waals surface area contributed by atoms with Gasteiger partial charge in [-0.15, -0.1) is 0 Å². The molecule has 0 heterocycles. The summed E-state index contributed by atoms with van der Waals surface area (Å²) in [6.07, 6.45) is 8.89. The van der Waals surface area contributed by atoms with Crippen LogP contribution in [0.15, 0.2) is 34.9 Å². The molecule has 24 heavy (non-hydrogen) atoms. The lowest BCUT2D eigenvalue weighted by Gasteiger charge is -2.04. The van der Waals surface area contributed by atoms with Gasteiger partial charge in [0.1, 0.15) is 13.2 Å². The molecule has 0 aromatic carbocycles. The lowest BCUT2D eigenvalue weighted by atomic mass is 10.1. The molecule has 0 aromatic heterocycles. The first kappa shape index (κ1) is 22.2. The van der Waals surface area contributed by atoms with Crippen LogP contribution in [-0.4, -0.2) is 25.2 Å². The van der Waals surface area contributed by atoms with Crippen molar-refractivity contribution in [2.75, 3.05) is 13.2 Å². The summed E-state index contributed by atoms with van der Waals surface area (Å²) in [5, 5.41) is 0. The second-order valence-corrected chi connectivity index (χ2v) is 6.37. The van der Waals surface area contributed by atoms with E-state index in [4.69, 9.17) is 9.47 Å². The Balaban J connectivity index is 3.77. The highest BCUT2D eigenvalue weighted by Gasteiger charge is 2.06. The maximum absolute atomic E-state index is 11.6. The van der Waals surface area contributed by atoms with Crippen LogP contribution in [0.1, 0.15) is 66.7 Å². The molecule has 0 saturated heterocycles. The van der Waals surface area contributed by atoms with E-state index < -0.39 is 0 Å². The zero-order valence-electron chi connectivity index (χ0n) is 15.8. The highest BCUT2D eigenvalue weighted by Crippen LogP contribution is 2.07. The SMILES string of the molecule is CC(C)=CCC/C(C)=C/COC(=O)CCCC(=O)OCC=C(C)C. The molecule has 4 heteroatoms. The molecule has 0 saturated carbocycles. The molecule has 0 atom stereocenters. The largest absolute Gasteiger partial charge is 0.461 e. The standard InChI is InChI=1S/C20H32O4/c1-16(2)8-6-9-18(5)13-15-24-20(22)11-7-10-19(21)23-14-12-17(3)4/h8,12-13H,6-7,9-11,14-15H2,1-5H3/b18-13+. The van der Waals surface area contributed by atoms with Gasteiger partial charge < -0.3 is 9.47 Å². The highest BCUT2D eigenvalue weighted by molar-refractivity contribution is 5.72. The molecular formula is C20H32O4. The Morgan fingerprint density at radius 3 is 1.71 bits per heavy atom. The van der Waals surface area contributed by atoms with Gasteiger partial charge in [0.25, 0.3) is 0 Å². The van der Waals surface area contributed by atoms with Crippen LogP contribution < -0.4 is 0 Å². The van der Waals surface area contributed by atoms with E-state index in [0.29, 0.717) is 19.6 Å². The van der Waals surface area contributed by atoms with Crippen molar-refractivity contribution in [1.29, 1.82) is 0 Å². The van der Waals surface area contributed by atoms with Crippen molar-refractivity contribution in [3.05, 3.63) is 34.9 Å². The monoisotopic (exact) mass is 336 g/mol. The Morgan fingerprint density at radius 2 is 1.21 bits per heavy atom. The fourth-order valence-electron chi connectivity index (χ4n) is 1.79. The number of esters is 2. The third-order valence-corrected chi connectivity index (χ3v) is 3.27. The molecule has 0 aliphatic rings. The molecule has 0 aliphatic heterocycles. The van der Waals surface area contributed by atoms with Crippen LogP contribution in [-0.2, 0) is 19.1 Å². The third-order valence-electron chi connectivity index (χ3n) is 3.27. The lowest BCUT2D eigenvalue weighted by Crippen LogP contribution is -2.08. The normalized spacial score (nSPS) is 10.8. The van der Waals surface area contributed by atoms with Crippen LogP contribution in [0.3, 0.4) is 0 Å². The van der Waals surface area contributed by atoms with Gasteiger partial charge in [-0.1, -0.05) is 22.8 Å². The van der Waals surface area contributed by atoms with Gasteiger partial charge in [0.05, 0.1) is 0 Å². The van der Waals surface area contributed by atoms with Crippen LogP contribution in [0, 0.1) is 0 Å². The summed E-state index contributed by atoms with van der Waals surface area (Å²) < 4.78 is 10.2. The number of hydrogen-bond acceptors (Lipinski definition) is 4. The van der Waals surface area contributed by atoms with Crippen molar-refractivity contribution in [2.45, 2.75) is 66.7 Å². The smallest absolute Gasteiger partial charge is 0.306 e. The summed E-state index contributed by atoms with van der Waals surface area (Å²) >= 11 is 0. The van der Waals surface area contributed by atoms with Crippen molar-refractivity contribution >= 4 is 11.9 Å². The first-order valence-electron chi connectivity index (χ1n) is 8.55. The highest BCUT2D eigenvalue weighted by atomic mass is 16.5. The molecule has 0 unspecified atom stereocenters. The minimum absolute atomic E-state index is 0.238. The number of rotatable bonds is 11. The molecule has 0 radical (unpaired) electrons. The van der Waals surface area contributed by atoms with Crippen molar-refractivity contribution in [3.8, 4) is 0 Å². The van der Waals surface area contributed by atoms with Crippen LogP contribution in [0.2, 0.25) is 0 Å². The van der Waals surface area contributed by atoms with Gasteiger partial charge in [-0.25, -0.2) is 0 Å². The Kier molecular flexibility index (Phi) is 12.5. The number of hydrogen-bond donors (Lipinski definition) is 0. The summed E-state index contributed by atoms with van der Waals surface area (Å²) in [4.78, 5) is 23.0. The first-order valence-corrected chi connectivity index (χ1v) is 8.55. The van der Waals surface area contributed by atoms with Crippen LogP contribution >= 0.6 is 0 Å². The predicted molar refractivity (Wildman–Crippen MR) is 97.6 cm³/mol. The van der Waals surface area contributed by atoms with Crippen LogP contribution in [0.4, 0.5) is 0 Å². The summed E-state index contributed by atoms with van der Waals surface area (Å²) in [5.41, 5.74) is 3.63. The van der Waals surface area contributed by atoms with Crippen LogP contribution in [0.25, 0.3) is 0 Å². The lowest BCUT2D eigenvalue weighted by molar-refractivity contribution is -0.144. The van der Waals surface area contributed by atoms with Crippen molar-refractivity contribution in [2.24, 2.45) is 0 Å². The molecule has 0 bridgehead atoms. The fraction of sp³-hybridized carbons (Fsp3) is 0.600. The van der Waals surface area contributed by atoms with E-state index in [1.54, 1.807) is 0 Å². The maximum atomic E-state index is 11.6. The van der Waals surface area contributed by atoms with E-state index in [1.807, 2.05) is 32.9 Å². The Bertz CT molecular complexity index is 476. The van der Waals surface area contributed by atoms with E-state index in [-0.39, 0.29) is 24.8 Å². The van der Waals surface area contributed by atoms with E-state index in [1.165, 1.54) is 11.1 Å². The van der Waals surface area contributed by atoms with Crippen LogP contribution in [0.5, 0.6) is 0 Å². The van der Waals surface area contributed by atoms with E-state index in [9.17, 15) is 9.59 Å². The molecule has 0 aromatic rings. The second kappa shape index (κ2) is 13.6. The van der Waals surface area contributed by atoms with Gasteiger partial charge in [-0.2, -0.15) is 0 Å². The van der Waals surface area contributed by atoms with Gasteiger partial charge in [0, 0.05) is 12.8 Å². The second-order valence-electron chi connectivity index (χ2n) is 6.37. The molecule has 0 amide bonds. The first-order chi connectivity index (χ1) is 11.3. The average Bonchev–Trinajstić information content (AvgIpc) is 2.46. The van der Waals surface area contributed by atoms with Crippen molar-refractivity contribution in [3.63, 3.8) is 0 Å². The maximum Gasteiger partial charge on any atom is 0.306 e.